The summed E-state index contributed by atoms with van der Waals surface area (Å²) < 4.78 is 28.1. The summed E-state index contributed by atoms with van der Waals surface area (Å²) in [6.45, 7) is 2.48. The highest BCUT2D eigenvalue weighted by molar-refractivity contribution is 7.91. The number of hydrogen-bond donors (Lipinski definition) is 2. The van der Waals surface area contributed by atoms with E-state index in [1.807, 2.05) is 0 Å². The number of hydrogen-bond acceptors (Lipinski definition) is 5. The highest BCUT2D eigenvalue weighted by atomic mass is 32.2. The standard InChI is InChI=1S/C14H22N2O4S2/c1-10-4-2-3-5-12(10)20-9-13(17)16-8-11-6-7-14(21-11)22(15,18)19/h6-7,10,12H,2-5,8-9H2,1H3,(H,16,17)(H2,15,18,19). The number of thiophene rings is 1. The van der Waals surface area contributed by atoms with Gasteiger partial charge in [0.2, 0.25) is 15.9 Å². The zero-order valence-corrected chi connectivity index (χ0v) is 14.2. The second kappa shape index (κ2) is 7.54. The molecule has 2 atom stereocenters. The van der Waals surface area contributed by atoms with Crippen LogP contribution in [0.4, 0.5) is 0 Å². The van der Waals surface area contributed by atoms with Gasteiger partial charge in [-0.1, -0.05) is 19.8 Å². The second-order valence-corrected chi connectivity index (χ2v) is 8.61. The third-order valence-electron chi connectivity index (χ3n) is 3.84. The predicted molar refractivity (Wildman–Crippen MR) is 84.9 cm³/mol. The Morgan fingerprint density at radius 3 is 2.77 bits per heavy atom. The summed E-state index contributed by atoms with van der Waals surface area (Å²) in [5.74, 6) is 0.305. The number of sulfonamides is 1. The maximum atomic E-state index is 11.8. The van der Waals surface area contributed by atoms with E-state index in [0.29, 0.717) is 5.92 Å². The molecule has 1 aliphatic carbocycles. The van der Waals surface area contributed by atoms with E-state index in [1.165, 1.54) is 12.5 Å². The molecule has 0 saturated heterocycles. The zero-order valence-electron chi connectivity index (χ0n) is 12.6. The summed E-state index contributed by atoms with van der Waals surface area (Å²) in [6.07, 6.45) is 4.71. The SMILES string of the molecule is CC1CCCCC1OCC(=O)NCc1ccc(S(N)(=O)=O)s1. The van der Waals surface area contributed by atoms with Crippen molar-refractivity contribution in [3.8, 4) is 0 Å². The number of amides is 1. The van der Waals surface area contributed by atoms with Gasteiger partial charge in [0.25, 0.3) is 0 Å². The van der Waals surface area contributed by atoms with Gasteiger partial charge in [-0.25, -0.2) is 13.6 Å². The van der Waals surface area contributed by atoms with Crippen molar-refractivity contribution in [2.75, 3.05) is 6.61 Å². The average Bonchev–Trinajstić information content (AvgIpc) is 2.93. The lowest BCUT2D eigenvalue weighted by Crippen LogP contribution is -2.32. The minimum Gasteiger partial charge on any atom is -0.368 e. The Kier molecular flexibility index (Phi) is 5.96. The molecule has 8 heteroatoms. The number of nitrogens with one attached hydrogen (secondary N) is 1. The summed E-state index contributed by atoms with van der Waals surface area (Å²) >= 11 is 1.06. The van der Waals surface area contributed by atoms with Crippen LogP contribution in [0.15, 0.2) is 16.3 Å². The average molecular weight is 346 g/mol. The van der Waals surface area contributed by atoms with Crippen LogP contribution in [0.5, 0.6) is 0 Å². The van der Waals surface area contributed by atoms with Crippen molar-refractivity contribution in [2.24, 2.45) is 11.1 Å². The fourth-order valence-corrected chi connectivity index (χ4v) is 4.27. The Balaban J connectivity index is 1.74. The van der Waals surface area contributed by atoms with E-state index < -0.39 is 10.0 Å². The molecule has 2 rings (SSSR count). The lowest BCUT2D eigenvalue weighted by Gasteiger charge is -2.28. The Morgan fingerprint density at radius 2 is 2.14 bits per heavy atom. The molecule has 0 aromatic carbocycles. The van der Waals surface area contributed by atoms with E-state index >= 15 is 0 Å². The maximum Gasteiger partial charge on any atom is 0.247 e. The summed E-state index contributed by atoms with van der Waals surface area (Å²) in [7, 11) is -3.67. The lowest BCUT2D eigenvalue weighted by atomic mass is 9.88. The summed E-state index contributed by atoms with van der Waals surface area (Å²) in [4.78, 5) is 12.5. The largest absolute Gasteiger partial charge is 0.368 e. The van der Waals surface area contributed by atoms with Gasteiger partial charge in [0.05, 0.1) is 12.6 Å². The van der Waals surface area contributed by atoms with Gasteiger partial charge >= 0.3 is 0 Å². The Hall–Kier alpha value is -0.960. The normalized spacial score (nSPS) is 22.5. The van der Waals surface area contributed by atoms with Gasteiger partial charge in [-0.2, -0.15) is 0 Å². The van der Waals surface area contributed by atoms with Crippen LogP contribution in [0.2, 0.25) is 0 Å². The van der Waals surface area contributed by atoms with Crippen LogP contribution in [0.3, 0.4) is 0 Å². The molecule has 124 valence electrons. The second-order valence-electron chi connectivity index (χ2n) is 5.65. The molecule has 1 aliphatic rings. The number of nitrogens with two attached hydrogens (primary N) is 1. The molecule has 2 unspecified atom stereocenters. The van der Waals surface area contributed by atoms with Gasteiger partial charge in [-0.05, 0) is 30.9 Å². The first kappa shape index (κ1) is 17.4. The molecular weight excluding hydrogens is 324 g/mol. The molecule has 22 heavy (non-hydrogen) atoms. The minimum absolute atomic E-state index is 0.0441. The molecule has 0 radical (unpaired) electrons. The van der Waals surface area contributed by atoms with Crippen LogP contribution in [-0.2, 0) is 26.1 Å². The van der Waals surface area contributed by atoms with Gasteiger partial charge in [0.1, 0.15) is 10.8 Å². The molecule has 6 nitrogen and oxygen atoms in total. The first-order valence-electron chi connectivity index (χ1n) is 7.36. The van der Waals surface area contributed by atoms with Crippen molar-refractivity contribution in [1.82, 2.24) is 5.32 Å². The fourth-order valence-electron chi connectivity index (χ4n) is 2.56. The predicted octanol–water partition coefficient (Wildman–Crippen LogP) is 1.61. The highest BCUT2D eigenvalue weighted by Gasteiger charge is 2.22. The van der Waals surface area contributed by atoms with Crippen molar-refractivity contribution in [3.63, 3.8) is 0 Å². The molecule has 1 saturated carbocycles. The van der Waals surface area contributed by atoms with Crippen molar-refractivity contribution in [2.45, 2.75) is 49.5 Å². The van der Waals surface area contributed by atoms with Crippen LogP contribution in [0.1, 0.15) is 37.5 Å². The summed E-state index contributed by atoms with van der Waals surface area (Å²) in [6, 6.07) is 3.09. The number of primary sulfonamides is 1. The van der Waals surface area contributed by atoms with Crippen molar-refractivity contribution in [3.05, 3.63) is 17.0 Å². The van der Waals surface area contributed by atoms with Crippen LogP contribution < -0.4 is 10.5 Å². The molecule has 1 amide bonds. The Morgan fingerprint density at radius 1 is 1.41 bits per heavy atom. The lowest BCUT2D eigenvalue weighted by molar-refractivity contribution is -0.129. The molecule has 0 bridgehead atoms. The molecule has 1 fully saturated rings. The smallest absolute Gasteiger partial charge is 0.247 e. The van der Waals surface area contributed by atoms with Crippen molar-refractivity contribution in [1.29, 1.82) is 0 Å². The Labute approximate surface area is 135 Å². The van der Waals surface area contributed by atoms with Crippen LogP contribution >= 0.6 is 11.3 Å². The number of carbonyl (C=O) groups is 1. The van der Waals surface area contributed by atoms with Gasteiger partial charge in [-0.3, -0.25) is 4.79 Å². The van der Waals surface area contributed by atoms with Crippen molar-refractivity contribution < 1.29 is 17.9 Å². The topological polar surface area (TPSA) is 98.5 Å². The third-order valence-corrected chi connectivity index (χ3v) is 6.36. The fraction of sp³-hybridized carbons (Fsp3) is 0.643. The first-order valence-corrected chi connectivity index (χ1v) is 9.72. The van der Waals surface area contributed by atoms with E-state index in [2.05, 4.69) is 12.2 Å². The molecule has 1 aromatic rings. The molecule has 1 aromatic heterocycles. The van der Waals surface area contributed by atoms with Gasteiger partial charge in [-0.15, -0.1) is 11.3 Å². The monoisotopic (exact) mass is 346 g/mol. The van der Waals surface area contributed by atoms with E-state index in [-0.39, 0.29) is 29.4 Å². The van der Waals surface area contributed by atoms with Crippen LogP contribution in [0, 0.1) is 5.92 Å². The van der Waals surface area contributed by atoms with E-state index in [1.54, 1.807) is 6.07 Å². The van der Waals surface area contributed by atoms with Crippen LogP contribution in [-0.4, -0.2) is 27.0 Å². The molecule has 0 aliphatic heterocycles. The number of rotatable bonds is 6. The number of carbonyl (C=O) groups excluding carboxylic acids is 1. The molecule has 0 spiro atoms. The summed E-state index contributed by atoms with van der Waals surface area (Å²) in [5.41, 5.74) is 0. The van der Waals surface area contributed by atoms with E-state index in [0.717, 1.165) is 35.5 Å². The van der Waals surface area contributed by atoms with Gasteiger partial charge < -0.3 is 10.1 Å². The molecule has 1 heterocycles. The van der Waals surface area contributed by atoms with E-state index in [9.17, 15) is 13.2 Å². The molecule has 3 N–H and O–H groups in total. The Bertz CT molecular complexity index is 612. The van der Waals surface area contributed by atoms with Crippen molar-refractivity contribution >= 4 is 27.3 Å². The number of ether oxygens (including phenoxy) is 1. The first-order chi connectivity index (χ1) is 10.4. The minimum atomic E-state index is -3.67. The third kappa shape index (κ3) is 5.05. The summed E-state index contributed by atoms with van der Waals surface area (Å²) in [5, 5.41) is 7.77. The van der Waals surface area contributed by atoms with Gasteiger partial charge in [0, 0.05) is 4.88 Å². The molecular formula is C14H22N2O4S2. The highest BCUT2D eigenvalue weighted by Crippen LogP contribution is 2.26. The quantitative estimate of drug-likeness (QED) is 0.817. The van der Waals surface area contributed by atoms with E-state index in [4.69, 9.17) is 9.88 Å². The zero-order chi connectivity index (χ0) is 16.2. The van der Waals surface area contributed by atoms with Gasteiger partial charge in [0.15, 0.2) is 0 Å². The van der Waals surface area contributed by atoms with Crippen LogP contribution in [0.25, 0.3) is 0 Å². The maximum absolute atomic E-state index is 11.8.